The Labute approximate surface area is 143 Å². The molecule has 3 aliphatic rings. The SMILES string of the molecule is O=C(CCCc1ccccc1)N1CC2CNC(=O)C23CCCCC13. The average molecular weight is 326 g/mol. The average Bonchev–Trinajstić information content (AvgIpc) is 3.10. The van der Waals surface area contributed by atoms with Crippen molar-refractivity contribution in [3.8, 4) is 0 Å². The summed E-state index contributed by atoms with van der Waals surface area (Å²) in [4.78, 5) is 27.4. The zero-order valence-corrected chi connectivity index (χ0v) is 14.2. The molecule has 0 radical (unpaired) electrons. The number of amides is 2. The smallest absolute Gasteiger partial charge is 0.228 e. The molecule has 2 heterocycles. The van der Waals surface area contributed by atoms with Crippen LogP contribution >= 0.6 is 0 Å². The summed E-state index contributed by atoms with van der Waals surface area (Å²) in [7, 11) is 0. The first-order chi connectivity index (χ1) is 11.7. The van der Waals surface area contributed by atoms with Gasteiger partial charge in [-0.2, -0.15) is 0 Å². The number of hydrogen-bond donors (Lipinski definition) is 1. The summed E-state index contributed by atoms with van der Waals surface area (Å²) in [6, 6.07) is 10.5. The van der Waals surface area contributed by atoms with Gasteiger partial charge in [-0.25, -0.2) is 0 Å². The molecule has 4 heteroatoms. The predicted molar refractivity (Wildman–Crippen MR) is 92.3 cm³/mol. The van der Waals surface area contributed by atoms with Crippen LogP contribution in [0.5, 0.6) is 0 Å². The number of nitrogens with zero attached hydrogens (tertiary/aromatic N) is 1. The van der Waals surface area contributed by atoms with Crippen LogP contribution in [-0.4, -0.2) is 35.8 Å². The molecule has 1 N–H and O–H groups in total. The third kappa shape index (κ3) is 2.43. The molecule has 1 aliphatic carbocycles. The Morgan fingerprint density at radius 1 is 1.25 bits per heavy atom. The summed E-state index contributed by atoms with van der Waals surface area (Å²) < 4.78 is 0. The van der Waals surface area contributed by atoms with E-state index in [0.29, 0.717) is 12.3 Å². The molecule has 4 rings (SSSR count). The molecule has 2 saturated heterocycles. The fourth-order valence-corrected chi connectivity index (χ4v) is 5.20. The minimum atomic E-state index is -0.270. The van der Waals surface area contributed by atoms with Crippen molar-refractivity contribution in [1.82, 2.24) is 10.2 Å². The van der Waals surface area contributed by atoms with E-state index in [-0.39, 0.29) is 23.3 Å². The van der Waals surface area contributed by atoms with E-state index < -0.39 is 0 Å². The summed E-state index contributed by atoms with van der Waals surface area (Å²) >= 11 is 0. The van der Waals surface area contributed by atoms with Gasteiger partial charge < -0.3 is 10.2 Å². The second kappa shape index (κ2) is 6.23. The van der Waals surface area contributed by atoms with Gasteiger partial charge in [-0.05, 0) is 31.2 Å². The lowest BCUT2D eigenvalue weighted by Crippen LogP contribution is -2.49. The van der Waals surface area contributed by atoms with Gasteiger partial charge in [-0.1, -0.05) is 43.2 Å². The maximum atomic E-state index is 12.8. The zero-order chi connectivity index (χ0) is 16.6. The van der Waals surface area contributed by atoms with Crippen LogP contribution in [0.1, 0.15) is 44.1 Å². The van der Waals surface area contributed by atoms with Crippen LogP contribution in [-0.2, 0) is 16.0 Å². The number of hydrogen-bond acceptors (Lipinski definition) is 2. The topological polar surface area (TPSA) is 49.4 Å². The quantitative estimate of drug-likeness (QED) is 0.924. The van der Waals surface area contributed by atoms with Crippen molar-refractivity contribution in [2.75, 3.05) is 13.1 Å². The highest BCUT2D eigenvalue weighted by atomic mass is 16.2. The number of carbonyl (C=O) groups excluding carboxylic acids is 2. The molecular weight excluding hydrogens is 300 g/mol. The van der Waals surface area contributed by atoms with Gasteiger partial charge in [0.2, 0.25) is 11.8 Å². The van der Waals surface area contributed by atoms with Crippen molar-refractivity contribution in [3.63, 3.8) is 0 Å². The molecular formula is C20H26N2O2. The van der Waals surface area contributed by atoms with E-state index in [1.54, 1.807) is 0 Å². The van der Waals surface area contributed by atoms with Crippen LogP contribution in [0, 0.1) is 11.3 Å². The van der Waals surface area contributed by atoms with Crippen molar-refractivity contribution in [3.05, 3.63) is 35.9 Å². The Balaban J connectivity index is 1.41. The van der Waals surface area contributed by atoms with Crippen LogP contribution in [0.2, 0.25) is 0 Å². The monoisotopic (exact) mass is 326 g/mol. The van der Waals surface area contributed by atoms with Crippen LogP contribution < -0.4 is 5.32 Å². The van der Waals surface area contributed by atoms with Crippen molar-refractivity contribution < 1.29 is 9.59 Å². The standard InChI is InChI=1S/C20H26N2O2/c23-18(11-6-9-15-7-2-1-3-8-15)22-14-16-13-21-19(24)20(16)12-5-4-10-17(20)22/h1-3,7-8,16-17H,4-6,9-14H2,(H,21,24). The van der Waals surface area contributed by atoms with Gasteiger partial charge in [0.05, 0.1) is 5.41 Å². The molecule has 2 aliphatic heterocycles. The lowest BCUT2D eigenvalue weighted by atomic mass is 9.67. The molecule has 3 fully saturated rings. The van der Waals surface area contributed by atoms with E-state index in [1.165, 1.54) is 5.56 Å². The van der Waals surface area contributed by atoms with E-state index in [0.717, 1.165) is 51.6 Å². The van der Waals surface area contributed by atoms with Gasteiger partial charge in [-0.3, -0.25) is 9.59 Å². The lowest BCUT2D eigenvalue weighted by molar-refractivity contribution is -0.138. The van der Waals surface area contributed by atoms with Crippen molar-refractivity contribution >= 4 is 11.8 Å². The molecule has 3 unspecified atom stereocenters. The van der Waals surface area contributed by atoms with Crippen molar-refractivity contribution in [2.24, 2.45) is 11.3 Å². The molecule has 4 nitrogen and oxygen atoms in total. The Kier molecular flexibility index (Phi) is 4.07. The van der Waals surface area contributed by atoms with Gasteiger partial charge >= 0.3 is 0 Å². The first kappa shape index (κ1) is 15.7. The second-order valence-electron chi connectivity index (χ2n) is 7.59. The highest BCUT2D eigenvalue weighted by molar-refractivity contribution is 5.89. The molecule has 128 valence electrons. The summed E-state index contributed by atoms with van der Waals surface area (Å²) in [6.45, 7) is 1.52. The number of rotatable bonds is 4. The predicted octanol–water partition coefficient (Wildman–Crippen LogP) is 2.53. The molecule has 3 atom stereocenters. The van der Waals surface area contributed by atoms with E-state index in [9.17, 15) is 9.59 Å². The largest absolute Gasteiger partial charge is 0.355 e. The fraction of sp³-hybridized carbons (Fsp3) is 0.600. The van der Waals surface area contributed by atoms with Crippen LogP contribution in [0.15, 0.2) is 30.3 Å². The van der Waals surface area contributed by atoms with E-state index in [1.807, 2.05) is 18.2 Å². The van der Waals surface area contributed by atoms with E-state index in [4.69, 9.17) is 0 Å². The fourth-order valence-electron chi connectivity index (χ4n) is 5.20. The number of benzene rings is 1. The Hall–Kier alpha value is -1.84. The normalized spacial score (nSPS) is 31.5. The Morgan fingerprint density at radius 2 is 2.08 bits per heavy atom. The van der Waals surface area contributed by atoms with Crippen LogP contribution in [0.4, 0.5) is 0 Å². The lowest BCUT2D eigenvalue weighted by Gasteiger charge is -2.39. The van der Waals surface area contributed by atoms with Gasteiger partial charge in [-0.15, -0.1) is 0 Å². The summed E-state index contributed by atoms with van der Waals surface area (Å²) in [6.07, 6.45) is 6.64. The van der Waals surface area contributed by atoms with Crippen molar-refractivity contribution in [1.29, 1.82) is 0 Å². The van der Waals surface area contributed by atoms with Gasteiger partial charge in [0.25, 0.3) is 0 Å². The highest BCUT2D eigenvalue weighted by Gasteiger charge is 2.62. The van der Waals surface area contributed by atoms with E-state index >= 15 is 0 Å². The Morgan fingerprint density at radius 3 is 2.92 bits per heavy atom. The third-order valence-corrected chi connectivity index (χ3v) is 6.39. The first-order valence-corrected chi connectivity index (χ1v) is 9.33. The first-order valence-electron chi connectivity index (χ1n) is 9.33. The van der Waals surface area contributed by atoms with Crippen molar-refractivity contribution in [2.45, 2.75) is 51.0 Å². The van der Waals surface area contributed by atoms with Crippen LogP contribution in [0.25, 0.3) is 0 Å². The summed E-state index contributed by atoms with van der Waals surface area (Å²) in [5.41, 5.74) is 1.02. The number of carbonyl (C=O) groups is 2. The highest BCUT2D eigenvalue weighted by Crippen LogP contribution is 2.52. The van der Waals surface area contributed by atoms with Crippen LogP contribution in [0.3, 0.4) is 0 Å². The molecule has 1 saturated carbocycles. The summed E-state index contributed by atoms with van der Waals surface area (Å²) in [5, 5.41) is 3.06. The van der Waals surface area contributed by atoms with E-state index in [2.05, 4.69) is 22.3 Å². The molecule has 24 heavy (non-hydrogen) atoms. The molecule has 0 aromatic heterocycles. The second-order valence-corrected chi connectivity index (χ2v) is 7.59. The Bertz CT molecular complexity index is 630. The number of aryl methyl sites for hydroxylation is 1. The summed E-state index contributed by atoms with van der Waals surface area (Å²) in [5.74, 6) is 0.782. The third-order valence-electron chi connectivity index (χ3n) is 6.39. The molecule has 2 amide bonds. The molecule has 1 aromatic carbocycles. The minimum absolute atomic E-state index is 0.142. The molecule has 1 aromatic rings. The molecule has 1 spiro atoms. The zero-order valence-electron chi connectivity index (χ0n) is 14.2. The maximum absolute atomic E-state index is 12.8. The number of nitrogens with one attached hydrogen (secondary N) is 1. The van der Waals surface area contributed by atoms with Gasteiger partial charge in [0.1, 0.15) is 0 Å². The number of likely N-dealkylation sites (tertiary alicyclic amines) is 1. The van der Waals surface area contributed by atoms with Gasteiger partial charge in [0.15, 0.2) is 0 Å². The minimum Gasteiger partial charge on any atom is -0.355 e. The van der Waals surface area contributed by atoms with Gasteiger partial charge in [0, 0.05) is 31.5 Å². The molecule has 0 bridgehead atoms. The maximum Gasteiger partial charge on any atom is 0.228 e.